The average molecular weight is 380 g/mol. The van der Waals surface area contributed by atoms with E-state index in [1.807, 2.05) is 0 Å². The smallest absolute Gasteiger partial charge is 0.451 e. The van der Waals surface area contributed by atoms with E-state index in [1.54, 1.807) is 11.0 Å². The van der Waals surface area contributed by atoms with E-state index in [0.717, 1.165) is 13.1 Å². The zero-order valence-corrected chi connectivity index (χ0v) is 14.9. The highest BCUT2D eigenvalue weighted by Gasteiger charge is 2.35. The molecule has 0 unspecified atom stereocenters. The molecule has 1 aromatic rings. The molecule has 1 amide bonds. The number of amides is 1. The minimum Gasteiger partial charge on any atom is -0.507 e. The predicted octanol–water partition coefficient (Wildman–Crippen LogP) is -1.41. The molecule has 3 rings (SSSR count). The van der Waals surface area contributed by atoms with Crippen LogP contribution in [-0.2, 0) is 11.2 Å². The number of phenolic OH excluding ortho intramolecular Hbond substituents is 1. The van der Waals surface area contributed by atoms with Crippen LogP contribution < -0.4 is 10.1 Å². The van der Waals surface area contributed by atoms with Crippen LogP contribution in [0.2, 0.25) is 6.32 Å². The maximum Gasteiger partial charge on any atom is 0.451 e. The van der Waals surface area contributed by atoms with Crippen LogP contribution in [0.4, 0.5) is 0 Å². The molecule has 0 radical (unpaired) electrons. The van der Waals surface area contributed by atoms with Gasteiger partial charge in [0, 0.05) is 6.42 Å². The van der Waals surface area contributed by atoms with E-state index in [1.165, 1.54) is 6.07 Å². The Kier molecular flexibility index (Phi) is 6.23. The minimum atomic E-state index is -1.94. The Bertz CT molecular complexity index is 675. The van der Waals surface area contributed by atoms with E-state index >= 15 is 0 Å². The average Bonchev–Trinajstić information content (AvgIpc) is 2.52. The number of hydrogen-bond donors (Lipinski definition) is 6. The van der Waals surface area contributed by atoms with E-state index in [9.17, 15) is 20.1 Å². The van der Waals surface area contributed by atoms with Crippen LogP contribution in [-0.4, -0.2) is 75.6 Å². The van der Waals surface area contributed by atoms with E-state index in [4.69, 9.17) is 14.8 Å². The van der Waals surface area contributed by atoms with Gasteiger partial charge in [0.05, 0.1) is 18.7 Å². The molecule has 27 heavy (non-hydrogen) atoms. The van der Waals surface area contributed by atoms with Crippen molar-refractivity contribution in [3.05, 3.63) is 23.3 Å². The van der Waals surface area contributed by atoms with E-state index in [2.05, 4.69) is 5.32 Å². The van der Waals surface area contributed by atoms with Crippen molar-refractivity contribution in [1.82, 2.24) is 10.2 Å². The highest BCUT2D eigenvalue weighted by molar-refractivity contribution is 6.41. The summed E-state index contributed by atoms with van der Waals surface area (Å²) in [5.74, 6) is 0.282. The number of benzene rings is 1. The number of hydrogen-bond acceptors (Lipinski definition) is 8. The maximum atomic E-state index is 12.1. The monoisotopic (exact) mass is 380 g/mol. The number of nitrogens with one attached hydrogen (secondary N) is 1. The summed E-state index contributed by atoms with van der Waals surface area (Å²) in [4.78, 5) is 13.8. The summed E-state index contributed by atoms with van der Waals surface area (Å²) in [7, 11) is -1.52. The number of ether oxygens (including phenoxy) is 1. The summed E-state index contributed by atoms with van der Waals surface area (Å²) >= 11 is 0. The number of phenols is 1. The maximum absolute atomic E-state index is 12.1. The molecule has 2 aliphatic rings. The number of aliphatic hydroxyl groups excluding tert-OH is 1. The van der Waals surface area contributed by atoms with E-state index < -0.39 is 13.4 Å². The van der Waals surface area contributed by atoms with Gasteiger partial charge in [-0.1, -0.05) is 6.07 Å². The number of nitrogens with zero attached hydrogens (tertiary/aromatic N) is 1. The summed E-state index contributed by atoms with van der Waals surface area (Å²) in [5, 5.41) is 50.6. The van der Waals surface area contributed by atoms with Gasteiger partial charge in [-0.25, -0.2) is 0 Å². The summed E-state index contributed by atoms with van der Waals surface area (Å²) in [6.07, 6.45) is -1.54. The molecule has 10 heteroatoms. The number of carbonyl (C=O) groups is 1. The van der Waals surface area contributed by atoms with Gasteiger partial charge in [-0.05, 0) is 43.4 Å². The van der Waals surface area contributed by atoms with Gasteiger partial charge in [-0.2, -0.15) is 0 Å². The van der Waals surface area contributed by atoms with Crippen molar-refractivity contribution < 1.29 is 34.9 Å². The topological polar surface area (TPSA) is 143 Å². The molecular formula is C17H25BN2O7. The van der Waals surface area contributed by atoms with Crippen molar-refractivity contribution in [2.45, 2.75) is 31.6 Å². The van der Waals surface area contributed by atoms with Gasteiger partial charge in [0.1, 0.15) is 17.6 Å². The molecule has 0 saturated carbocycles. The van der Waals surface area contributed by atoms with Gasteiger partial charge in [0.15, 0.2) is 6.29 Å². The molecule has 0 aliphatic carbocycles. The summed E-state index contributed by atoms with van der Waals surface area (Å²) < 4.78 is 5.74. The van der Waals surface area contributed by atoms with Crippen molar-refractivity contribution >= 4 is 13.0 Å². The van der Waals surface area contributed by atoms with Crippen LogP contribution in [0.15, 0.2) is 12.1 Å². The van der Waals surface area contributed by atoms with Gasteiger partial charge in [0.25, 0.3) is 0 Å². The predicted molar refractivity (Wildman–Crippen MR) is 96.0 cm³/mol. The highest BCUT2D eigenvalue weighted by atomic mass is 16.5. The zero-order valence-electron chi connectivity index (χ0n) is 14.9. The third-order valence-electron chi connectivity index (χ3n) is 5.01. The van der Waals surface area contributed by atoms with Crippen LogP contribution >= 0.6 is 0 Å². The largest absolute Gasteiger partial charge is 0.507 e. The number of aromatic hydroxyl groups is 1. The number of carbonyl (C=O) groups excluding carboxylic acids is 1. The molecule has 2 fully saturated rings. The standard InChI is InChI=1S/C17H25BN2O7/c21-14(5-10-6-19-7-10)20-8-12(9-20)27-13-2-1-11(3-4-18(25)26)16(22)15(13)17(23)24/h1-2,10,12,17,19,22-26H,3-9H2. The Morgan fingerprint density at radius 2 is 2.00 bits per heavy atom. The summed E-state index contributed by atoms with van der Waals surface area (Å²) in [6, 6.07) is 3.06. The van der Waals surface area contributed by atoms with E-state index in [0.29, 0.717) is 31.0 Å². The molecule has 1 aromatic carbocycles. The second kappa shape index (κ2) is 8.45. The molecule has 9 nitrogen and oxygen atoms in total. The molecular weight excluding hydrogens is 355 g/mol. The zero-order chi connectivity index (χ0) is 19.6. The van der Waals surface area contributed by atoms with Gasteiger partial charge in [-0.15, -0.1) is 0 Å². The molecule has 0 spiro atoms. The lowest BCUT2D eigenvalue weighted by Gasteiger charge is -2.40. The Morgan fingerprint density at radius 1 is 1.30 bits per heavy atom. The first-order valence-corrected chi connectivity index (χ1v) is 9.07. The quantitative estimate of drug-likeness (QED) is 0.239. The molecule has 0 bridgehead atoms. The van der Waals surface area contributed by atoms with Crippen LogP contribution in [0.5, 0.6) is 11.5 Å². The number of aliphatic hydroxyl groups is 2. The normalized spacial score (nSPS) is 17.6. The second-order valence-electron chi connectivity index (χ2n) is 7.15. The first-order valence-electron chi connectivity index (χ1n) is 9.07. The first-order chi connectivity index (χ1) is 12.8. The van der Waals surface area contributed by atoms with Crippen molar-refractivity contribution in [3.8, 4) is 11.5 Å². The van der Waals surface area contributed by atoms with Crippen molar-refractivity contribution in [1.29, 1.82) is 0 Å². The van der Waals surface area contributed by atoms with Gasteiger partial charge in [0.2, 0.25) is 5.91 Å². The summed E-state index contributed by atoms with van der Waals surface area (Å²) in [6.45, 7) is 2.57. The molecule has 6 N–H and O–H groups in total. The fourth-order valence-corrected chi connectivity index (χ4v) is 3.24. The van der Waals surface area contributed by atoms with Crippen molar-refractivity contribution in [2.24, 2.45) is 5.92 Å². The molecule has 0 aromatic heterocycles. The fraction of sp³-hybridized carbons (Fsp3) is 0.588. The Hall–Kier alpha value is -1.85. The van der Waals surface area contributed by atoms with Crippen LogP contribution in [0.3, 0.4) is 0 Å². The molecule has 2 aliphatic heterocycles. The Morgan fingerprint density at radius 3 is 2.56 bits per heavy atom. The Labute approximate surface area is 157 Å². The SMILES string of the molecule is O=C(CC1CNC1)N1CC(Oc2ccc(CCB(O)O)c(O)c2C(O)O)C1. The third kappa shape index (κ3) is 4.71. The van der Waals surface area contributed by atoms with Crippen LogP contribution in [0.1, 0.15) is 23.8 Å². The molecule has 2 heterocycles. The molecule has 2 saturated heterocycles. The van der Waals surface area contributed by atoms with E-state index in [-0.39, 0.29) is 41.8 Å². The third-order valence-corrected chi connectivity index (χ3v) is 5.01. The van der Waals surface area contributed by atoms with Gasteiger partial charge >= 0.3 is 7.12 Å². The van der Waals surface area contributed by atoms with Crippen molar-refractivity contribution in [3.63, 3.8) is 0 Å². The van der Waals surface area contributed by atoms with Crippen LogP contribution in [0.25, 0.3) is 0 Å². The fourth-order valence-electron chi connectivity index (χ4n) is 3.24. The number of likely N-dealkylation sites (tertiary alicyclic amines) is 1. The number of rotatable bonds is 8. The lowest BCUT2D eigenvalue weighted by atomic mass is 9.82. The lowest BCUT2D eigenvalue weighted by molar-refractivity contribution is -0.141. The van der Waals surface area contributed by atoms with Crippen molar-refractivity contribution in [2.75, 3.05) is 26.2 Å². The highest BCUT2D eigenvalue weighted by Crippen LogP contribution is 2.37. The van der Waals surface area contributed by atoms with Crippen LogP contribution in [0, 0.1) is 5.92 Å². The molecule has 148 valence electrons. The molecule has 0 atom stereocenters. The number of aryl methyl sites for hydroxylation is 1. The first kappa shape index (κ1) is 19.9. The Balaban J connectivity index is 1.59. The summed E-state index contributed by atoms with van der Waals surface area (Å²) in [5.41, 5.74) is 0.198. The lowest BCUT2D eigenvalue weighted by Crippen LogP contribution is -2.57. The van der Waals surface area contributed by atoms with Gasteiger partial charge in [-0.3, -0.25) is 4.79 Å². The second-order valence-corrected chi connectivity index (χ2v) is 7.15. The minimum absolute atomic E-state index is 0.00490. The van der Waals surface area contributed by atoms with Gasteiger partial charge < -0.3 is 40.3 Å².